The van der Waals surface area contributed by atoms with E-state index < -0.39 is 0 Å². The third kappa shape index (κ3) is 3.60. The number of hydrogen-bond donors (Lipinski definition) is 0. The Hall–Kier alpha value is -0.820. The minimum atomic E-state index is 1.08. The van der Waals surface area contributed by atoms with Gasteiger partial charge in [0.05, 0.1) is 0 Å². The van der Waals surface area contributed by atoms with Crippen molar-refractivity contribution in [1.82, 2.24) is 4.90 Å². The van der Waals surface area contributed by atoms with Crippen molar-refractivity contribution in [2.24, 2.45) is 0 Å². The maximum Gasteiger partial charge on any atom is 0.0233 e. The summed E-state index contributed by atoms with van der Waals surface area (Å²) in [6, 6.07) is 0. The van der Waals surface area contributed by atoms with Gasteiger partial charge in [0.25, 0.3) is 0 Å². The molecule has 1 heterocycles. The Kier molecular flexibility index (Phi) is 4.55. The molecule has 1 nitrogen and oxygen atoms in total. The molecule has 0 amide bonds. The third-order valence-corrected chi connectivity index (χ3v) is 2.32. The first-order chi connectivity index (χ1) is 6.36. The van der Waals surface area contributed by atoms with Gasteiger partial charge in [0.15, 0.2) is 0 Å². The molecule has 1 heteroatoms. The van der Waals surface area contributed by atoms with Crippen LogP contribution in [0, 0.1) is 0 Å². The summed E-state index contributed by atoms with van der Waals surface area (Å²) in [6.45, 7) is 9.38. The average Bonchev–Trinajstić information content (AvgIpc) is 2.58. The summed E-state index contributed by atoms with van der Waals surface area (Å²) in [5.41, 5.74) is 1.36. The third-order valence-electron chi connectivity index (χ3n) is 2.32. The summed E-state index contributed by atoms with van der Waals surface area (Å²) in [4.78, 5) is 2.50. The normalized spacial score (nSPS) is 19.9. The van der Waals surface area contributed by atoms with Crippen LogP contribution in [0.25, 0.3) is 0 Å². The second-order valence-corrected chi connectivity index (χ2v) is 3.46. The fourth-order valence-electron chi connectivity index (χ4n) is 1.73. The lowest BCUT2D eigenvalue weighted by atomic mass is 10.2. The Morgan fingerprint density at radius 3 is 2.62 bits per heavy atom. The molecular weight excluding hydrogens is 158 g/mol. The smallest absolute Gasteiger partial charge is 0.0233 e. The summed E-state index contributed by atoms with van der Waals surface area (Å²) in [5.74, 6) is 0. The molecule has 0 aromatic carbocycles. The number of likely N-dealkylation sites (tertiary alicyclic amines) is 1. The van der Waals surface area contributed by atoms with E-state index in [4.69, 9.17) is 0 Å². The van der Waals surface area contributed by atoms with Crippen molar-refractivity contribution in [2.45, 2.75) is 19.8 Å². The molecule has 0 atom stereocenters. The zero-order chi connectivity index (χ0) is 9.52. The highest BCUT2D eigenvalue weighted by Crippen LogP contribution is 2.10. The fraction of sp³-hybridized carbons (Fsp3) is 0.500. The summed E-state index contributed by atoms with van der Waals surface area (Å²) < 4.78 is 0. The highest BCUT2D eigenvalue weighted by molar-refractivity contribution is 5.24. The Morgan fingerprint density at radius 2 is 2.08 bits per heavy atom. The van der Waals surface area contributed by atoms with E-state index in [2.05, 4.69) is 36.6 Å². The van der Waals surface area contributed by atoms with Gasteiger partial charge in [0.2, 0.25) is 0 Å². The highest BCUT2D eigenvalue weighted by atomic mass is 15.1. The second kappa shape index (κ2) is 5.76. The highest BCUT2D eigenvalue weighted by Gasteiger charge is 2.11. The molecule has 1 aliphatic heterocycles. The summed E-state index contributed by atoms with van der Waals surface area (Å²) in [7, 11) is 0. The van der Waals surface area contributed by atoms with E-state index in [-0.39, 0.29) is 0 Å². The van der Waals surface area contributed by atoms with Crippen LogP contribution in [0.1, 0.15) is 19.8 Å². The van der Waals surface area contributed by atoms with Crippen molar-refractivity contribution in [3.8, 4) is 0 Å². The molecule has 0 radical (unpaired) electrons. The maximum atomic E-state index is 3.73. The largest absolute Gasteiger partial charge is 0.299 e. The second-order valence-electron chi connectivity index (χ2n) is 3.46. The molecular formula is C12H19N. The molecule has 0 bridgehead atoms. The zero-order valence-electron chi connectivity index (χ0n) is 8.50. The monoisotopic (exact) mass is 177 g/mol. The predicted molar refractivity (Wildman–Crippen MR) is 58.8 cm³/mol. The first-order valence-corrected chi connectivity index (χ1v) is 5.03. The van der Waals surface area contributed by atoms with Crippen molar-refractivity contribution in [1.29, 1.82) is 0 Å². The quantitative estimate of drug-likeness (QED) is 0.597. The standard InChI is InChI=1S/C12H19N/c1-3-7-12(8-4-2)11-13-9-5-6-10-13/h3-4,7-8H,1,5-6,9-11H2,2H3/b8-4-,12-7+. The number of hydrogen-bond acceptors (Lipinski definition) is 1. The molecule has 0 unspecified atom stereocenters. The minimum Gasteiger partial charge on any atom is -0.299 e. The molecule has 0 N–H and O–H groups in total. The van der Waals surface area contributed by atoms with E-state index in [1.807, 2.05) is 6.08 Å². The number of nitrogens with zero attached hydrogens (tertiary/aromatic N) is 1. The van der Waals surface area contributed by atoms with Crippen LogP contribution in [0.3, 0.4) is 0 Å². The van der Waals surface area contributed by atoms with Gasteiger partial charge in [-0.2, -0.15) is 0 Å². The van der Waals surface area contributed by atoms with E-state index in [0.717, 1.165) is 6.54 Å². The molecule has 0 saturated carbocycles. The van der Waals surface area contributed by atoms with Crippen molar-refractivity contribution in [2.75, 3.05) is 19.6 Å². The predicted octanol–water partition coefficient (Wildman–Crippen LogP) is 2.77. The van der Waals surface area contributed by atoms with Gasteiger partial charge in [-0.15, -0.1) is 0 Å². The molecule has 1 saturated heterocycles. The molecule has 1 aliphatic rings. The van der Waals surface area contributed by atoms with Crippen LogP contribution >= 0.6 is 0 Å². The van der Waals surface area contributed by atoms with Gasteiger partial charge in [0.1, 0.15) is 0 Å². The van der Waals surface area contributed by atoms with Crippen molar-refractivity contribution >= 4 is 0 Å². The van der Waals surface area contributed by atoms with E-state index >= 15 is 0 Å². The summed E-state index contributed by atoms with van der Waals surface area (Å²) in [6.07, 6.45) is 10.9. The van der Waals surface area contributed by atoms with Crippen LogP contribution in [-0.2, 0) is 0 Å². The fourth-order valence-corrected chi connectivity index (χ4v) is 1.73. The maximum absolute atomic E-state index is 3.73. The molecule has 0 aromatic heterocycles. The lowest BCUT2D eigenvalue weighted by molar-refractivity contribution is 0.371. The van der Waals surface area contributed by atoms with Crippen LogP contribution in [0.5, 0.6) is 0 Å². The molecule has 1 fully saturated rings. The van der Waals surface area contributed by atoms with E-state index in [0.29, 0.717) is 0 Å². The van der Waals surface area contributed by atoms with Crippen LogP contribution in [-0.4, -0.2) is 24.5 Å². The molecule has 72 valence electrons. The summed E-state index contributed by atoms with van der Waals surface area (Å²) >= 11 is 0. The van der Waals surface area contributed by atoms with Gasteiger partial charge >= 0.3 is 0 Å². The van der Waals surface area contributed by atoms with Crippen molar-refractivity contribution in [3.63, 3.8) is 0 Å². The summed E-state index contributed by atoms with van der Waals surface area (Å²) in [5, 5.41) is 0. The Labute approximate surface area is 81.4 Å². The number of rotatable bonds is 4. The van der Waals surface area contributed by atoms with Crippen LogP contribution in [0.2, 0.25) is 0 Å². The van der Waals surface area contributed by atoms with E-state index in [1.54, 1.807) is 0 Å². The van der Waals surface area contributed by atoms with Gasteiger partial charge in [0, 0.05) is 6.54 Å². The van der Waals surface area contributed by atoms with Gasteiger partial charge in [-0.3, -0.25) is 4.90 Å². The Morgan fingerprint density at radius 1 is 1.38 bits per heavy atom. The molecule has 0 spiro atoms. The zero-order valence-corrected chi connectivity index (χ0v) is 8.50. The Balaban J connectivity index is 2.46. The first-order valence-electron chi connectivity index (χ1n) is 5.03. The van der Waals surface area contributed by atoms with E-state index in [9.17, 15) is 0 Å². The molecule has 0 aliphatic carbocycles. The number of allylic oxidation sites excluding steroid dienone is 3. The van der Waals surface area contributed by atoms with Crippen LogP contribution < -0.4 is 0 Å². The molecule has 13 heavy (non-hydrogen) atoms. The molecule has 0 aromatic rings. The van der Waals surface area contributed by atoms with Gasteiger partial charge < -0.3 is 0 Å². The van der Waals surface area contributed by atoms with E-state index in [1.165, 1.54) is 31.5 Å². The average molecular weight is 177 g/mol. The van der Waals surface area contributed by atoms with Crippen molar-refractivity contribution < 1.29 is 0 Å². The first kappa shape index (κ1) is 10.3. The van der Waals surface area contributed by atoms with Crippen LogP contribution in [0.15, 0.2) is 36.5 Å². The van der Waals surface area contributed by atoms with Gasteiger partial charge in [-0.1, -0.05) is 30.9 Å². The molecule has 1 rings (SSSR count). The minimum absolute atomic E-state index is 1.08. The lowest BCUT2D eigenvalue weighted by Crippen LogP contribution is -2.21. The topological polar surface area (TPSA) is 3.24 Å². The SMILES string of the molecule is C=C/C=C(\C=C/C)CN1CCCC1. The van der Waals surface area contributed by atoms with Gasteiger partial charge in [-0.25, -0.2) is 0 Å². The lowest BCUT2D eigenvalue weighted by Gasteiger charge is -2.14. The van der Waals surface area contributed by atoms with Gasteiger partial charge in [-0.05, 0) is 38.4 Å². The Bertz CT molecular complexity index is 207. The van der Waals surface area contributed by atoms with Crippen LogP contribution in [0.4, 0.5) is 0 Å². The van der Waals surface area contributed by atoms with Crippen molar-refractivity contribution in [3.05, 3.63) is 36.5 Å².